The average molecular weight is 193 g/mol. The van der Waals surface area contributed by atoms with Crippen LogP contribution in [-0.2, 0) is 0 Å². The maximum atomic E-state index is 4.04. The molecule has 0 amide bonds. The molecule has 0 N–H and O–H groups in total. The van der Waals surface area contributed by atoms with Crippen molar-refractivity contribution in [2.75, 3.05) is 0 Å². The van der Waals surface area contributed by atoms with E-state index in [4.69, 9.17) is 0 Å². The second kappa shape index (κ2) is 3.24. The highest BCUT2D eigenvalue weighted by molar-refractivity contribution is 6.11. The van der Waals surface area contributed by atoms with Crippen LogP contribution in [0.2, 0.25) is 0 Å². The number of benzene rings is 2. The SMILES string of the molecule is C1=CC(c2ccc3ccccc3c2)=N[N]1. The molecule has 2 aromatic rings. The van der Waals surface area contributed by atoms with Gasteiger partial charge in [-0.2, -0.15) is 10.5 Å². The standard InChI is InChI=1S/C13H9N2/c1-2-4-11-9-12(6-5-10(11)3-1)13-7-8-14-15-13/h1-9H. The summed E-state index contributed by atoms with van der Waals surface area (Å²) in [5, 5.41) is 6.53. The van der Waals surface area contributed by atoms with Gasteiger partial charge in [-0.25, -0.2) is 0 Å². The van der Waals surface area contributed by atoms with Crippen molar-refractivity contribution in [2.45, 2.75) is 0 Å². The summed E-state index contributed by atoms with van der Waals surface area (Å²) in [5.74, 6) is 0. The van der Waals surface area contributed by atoms with Gasteiger partial charge in [-0.3, -0.25) is 0 Å². The lowest BCUT2D eigenvalue weighted by molar-refractivity contribution is 0.972. The van der Waals surface area contributed by atoms with Crippen molar-refractivity contribution in [3.8, 4) is 0 Å². The Bertz CT molecular complexity index is 568. The molecule has 2 nitrogen and oxygen atoms in total. The first-order valence-corrected chi connectivity index (χ1v) is 4.87. The lowest BCUT2D eigenvalue weighted by Crippen LogP contribution is -1.93. The van der Waals surface area contributed by atoms with E-state index in [1.807, 2.05) is 18.2 Å². The third-order valence-electron chi connectivity index (χ3n) is 2.51. The Morgan fingerprint density at radius 3 is 2.53 bits per heavy atom. The molecule has 1 radical (unpaired) electrons. The van der Waals surface area contributed by atoms with Crippen molar-refractivity contribution in [3.63, 3.8) is 0 Å². The summed E-state index contributed by atoms with van der Waals surface area (Å²) in [7, 11) is 0. The van der Waals surface area contributed by atoms with Crippen LogP contribution in [0, 0.1) is 0 Å². The molecule has 0 unspecified atom stereocenters. The molecule has 2 aromatic carbocycles. The van der Waals surface area contributed by atoms with Gasteiger partial charge in [0.1, 0.15) is 0 Å². The fraction of sp³-hybridized carbons (Fsp3) is 0. The summed E-state index contributed by atoms with van der Waals surface area (Å²) >= 11 is 0. The molecule has 0 aromatic heterocycles. The fourth-order valence-electron chi connectivity index (χ4n) is 1.74. The van der Waals surface area contributed by atoms with E-state index in [1.165, 1.54) is 10.8 Å². The molecular formula is C13H9N2. The summed E-state index contributed by atoms with van der Waals surface area (Å²) in [6, 6.07) is 14.6. The van der Waals surface area contributed by atoms with Gasteiger partial charge in [0.2, 0.25) is 0 Å². The maximum absolute atomic E-state index is 4.04. The van der Waals surface area contributed by atoms with E-state index in [9.17, 15) is 0 Å². The molecule has 1 heterocycles. The van der Waals surface area contributed by atoms with E-state index in [1.54, 1.807) is 6.20 Å². The Kier molecular flexibility index (Phi) is 1.78. The highest BCUT2D eigenvalue weighted by Crippen LogP contribution is 2.17. The van der Waals surface area contributed by atoms with Crippen LogP contribution in [0.15, 0.2) is 59.8 Å². The van der Waals surface area contributed by atoms with Crippen LogP contribution in [0.4, 0.5) is 0 Å². The Morgan fingerprint density at radius 1 is 0.867 bits per heavy atom. The normalized spacial score (nSPS) is 14.0. The van der Waals surface area contributed by atoms with Crippen molar-refractivity contribution in [1.82, 2.24) is 5.43 Å². The molecule has 1 aliphatic rings. The first-order chi connectivity index (χ1) is 7.43. The third-order valence-corrected chi connectivity index (χ3v) is 2.51. The van der Waals surface area contributed by atoms with Gasteiger partial charge in [0.25, 0.3) is 0 Å². The zero-order valence-electron chi connectivity index (χ0n) is 8.09. The van der Waals surface area contributed by atoms with E-state index in [0.29, 0.717) is 0 Å². The van der Waals surface area contributed by atoms with Gasteiger partial charge in [-0.15, -0.1) is 0 Å². The van der Waals surface area contributed by atoms with Crippen LogP contribution >= 0.6 is 0 Å². The molecule has 0 aliphatic carbocycles. The Balaban J connectivity index is 2.17. The number of rotatable bonds is 1. The van der Waals surface area contributed by atoms with E-state index < -0.39 is 0 Å². The van der Waals surface area contributed by atoms with Crippen molar-refractivity contribution < 1.29 is 0 Å². The van der Waals surface area contributed by atoms with E-state index in [-0.39, 0.29) is 0 Å². The minimum absolute atomic E-state index is 0.931. The highest BCUT2D eigenvalue weighted by atomic mass is 15.3. The predicted octanol–water partition coefficient (Wildman–Crippen LogP) is 2.68. The number of nitrogens with zero attached hydrogens (tertiary/aromatic N) is 2. The quantitative estimate of drug-likeness (QED) is 0.665. The summed E-state index contributed by atoms with van der Waals surface area (Å²) in [6.07, 6.45) is 3.63. The monoisotopic (exact) mass is 193 g/mol. The second-order valence-electron chi connectivity index (χ2n) is 3.48. The minimum Gasteiger partial charge on any atom is -0.158 e. The van der Waals surface area contributed by atoms with Crippen LogP contribution < -0.4 is 5.43 Å². The van der Waals surface area contributed by atoms with Crippen molar-refractivity contribution in [3.05, 3.63) is 60.3 Å². The summed E-state index contributed by atoms with van der Waals surface area (Å²) in [4.78, 5) is 0. The number of fused-ring (bicyclic) bond motifs is 1. The molecule has 0 saturated heterocycles. The van der Waals surface area contributed by atoms with Gasteiger partial charge in [-0.1, -0.05) is 36.4 Å². The predicted molar refractivity (Wildman–Crippen MR) is 61.8 cm³/mol. The van der Waals surface area contributed by atoms with Gasteiger partial charge in [0.15, 0.2) is 0 Å². The van der Waals surface area contributed by atoms with Gasteiger partial charge in [-0.05, 0) is 22.9 Å². The van der Waals surface area contributed by atoms with E-state index in [0.717, 1.165) is 11.3 Å². The molecule has 0 fully saturated rings. The van der Waals surface area contributed by atoms with Gasteiger partial charge < -0.3 is 0 Å². The summed E-state index contributed by atoms with van der Waals surface area (Å²) in [6.45, 7) is 0. The first-order valence-electron chi connectivity index (χ1n) is 4.87. The topological polar surface area (TPSA) is 26.5 Å². The highest BCUT2D eigenvalue weighted by Gasteiger charge is 2.04. The van der Waals surface area contributed by atoms with Crippen molar-refractivity contribution >= 4 is 16.5 Å². The molecule has 0 saturated carbocycles. The van der Waals surface area contributed by atoms with Gasteiger partial charge >= 0.3 is 0 Å². The zero-order chi connectivity index (χ0) is 10.1. The second-order valence-corrected chi connectivity index (χ2v) is 3.48. The number of hydrogen-bond acceptors (Lipinski definition) is 1. The largest absolute Gasteiger partial charge is 0.158 e. The van der Waals surface area contributed by atoms with Crippen LogP contribution in [-0.4, -0.2) is 5.71 Å². The van der Waals surface area contributed by atoms with Crippen LogP contribution in [0.25, 0.3) is 10.8 Å². The number of allylic oxidation sites excluding steroid dienone is 1. The van der Waals surface area contributed by atoms with E-state index >= 15 is 0 Å². The fourth-order valence-corrected chi connectivity index (χ4v) is 1.74. The van der Waals surface area contributed by atoms with Crippen LogP contribution in [0.3, 0.4) is 0 Å². The van der Waals surface area contributed by atoms with Crippen LogP contribution in [0.5, 0.6) is 0 Å². The summed E-state index contributed by atoms with van der Waals surface area (Å²) < 4.78 is 0. The molecule has 71 valence electrons. The van der Waals surface area contributed by atoms with Gasteiger partial charge in [0, 0.05) is 5.56 Å². The van der Waals surface area contributed by atoms with Crippen LogP contribution in [0.1, 0.15) is 5.56 Å². The zero-order valence-corrected chi connectivity index (χ0v) is 8.09. The minimum atomic E-state index is 0.931. The molecule has 0 atom stereocenters. The third kappa shape index (κ3) is 1.40. The van der Waals surface area contributed by atoms with Crippen molar-refractivity contribution in [2.24, 2.45) is 5.10 Å². The molecule has 0 bridgehead atoms. The average Bonchev–Trinajstić information content (AvgIpc) is 2.82. The van der Waals surface area contributed by atoms with Gasteiger partial charge in [0.05, 0.1) is 11.9 Å². The molecule has 15 heavy (non-hydrogen) atoms. The summed E-state index contributed by atoms with van der Waals surface area (Å²) in [5.41, 5.74) is 5.88. The molecule has 2 heteroatoms. The Hall–Kier alpha value is -2.09. The smallest absolute Gasteiger partial charge is 0.0945 e. The molecule has 3 rings (SSSR count). The molecule has 0 spiro atoms. The Morgan fingerprint density at radius 2 is 1.73 bits per heavy atom. The number of hydrogen-bond donors (Lipinski definition) is 0. The molecular weight excluding hydrogens is 184 g/mol. The lowest BCUT2D eigenvalue weighted by Gasteiger charge is -2.01. The molecule has 1 aliphatic heterocycles. The first kappa shape index (κ1) is 8.24. The van der Waals surface area contributed by atoms with Crippen molar-refractivity contribution in [1.29, 1.82) is 0 Å². The lowest BCUT2D eigenvalue weighted by atomic mass is 10.0. The Labute approximate surface area is 87.9 Å². The maximum Gasteiger partial charge on any atom is 0.0945 e. The van der Waals surface area contributed by atoms with E-state index in [2.05, 4.69) is 40.9 Å².